The van der Waals surface area contributed by atoms with Crippen LogP contribution in [0.3, 0.4) is 0 Å². The van der Waals surface area contributed by atoms with E-state index in [1.54, 1.807) is 11.5 Å². The van der Waals surface area contributed by atoms with Crippen LogP contribution < -0.4 is 10.9 Å². The molecular formula is C24H29N3O4S2. The van der Waals surface area contributed by atoms with Gasteiger partial charge in [0, 0.05) is 19.5 Å². The highest BCUT2D eigenvalue weighted by Crippen LogP contribution is 2.21. The summed E-state index contributed by atoms with van der Waals surface area (Å²) < 4.78 is 7.24. The number of esters is 1. The second-order valence-electron chi connectivity index (χ2n) is 7.65. The first-order valence-electron chi connectivity index (χ1n) is 11.1. The normalized spacial score (nSPS) is 11.0. The molecule has 3 aromatic rings. The molecule has 3 rings (SSSR count). The van der Waals surface area contributed by atoms with E-state index in [0.29, 0.717) is 41.5 Å². The van der Waals surface area contributed by atoms with E-state index in [1.165, 1.54) is 28.7 Å². The number of benzene rings is 1. The summed E-state index contributed by atoms with van der Waals surface area (Å²) in [5.74, 6) is -0.192. The number of hydrogen-bond acceptors (Lipinski definition) is 7. The van der Waals surface area contributed by atoms with Crippen LogP contribution in [0.1, 0.15) is 43.7 Å². The van der Waals surface area contributed by atoms with E-state index in [0.717, 1.165) is 24.8 Å². The first-order valence-corrected chi connectivity index (χ1v) is 12.9. The predicted molar refractivity (Wildman–Crippen MR) is 133 cm³/mol. The standard InChI is InChI=1S/C24H29N3O4S2/c1-3-31-21(29)16-33-24-26-19-12-14-32-22(19)23(30)27(24)13-6-4-5-7-20(28)25-15-18-10-8-17(2)9-11-18/h8-12,14H,3-7,13,15-16H2,1-2H3,(H,25,28). The van der Waals surface area contributed by atoms with Gasteiger partial charge in [-0.05, 0) is 43.7 Å². The summed E-state index contributed by atoms with van der Waals surface area (Å²) in [7, 11) is 0. The van der Waals surface area contributed by atoms with E-state index in [2.05, 4.69) is 10.3 Å². The summed E-state index contributed by atoms with van der Waals surface area (Å²) in [5, 5.41) is 5.32. The van der Waals surface area contributed by atoms with E-state index in [1.807, 2.05) is 42.6 Å². The minimum Gasteiger partial charge on any atom is -0.465 e. The SMILES string of the molecule is CCOC(=O)CSc1nc2ccsc2c(=O)n1CCCCCC(=O)NCc1ccc(C)cc1. The summed E-state index contributed by atoms with van der Waals surface area (Å²) in [6.45, 7) is 5.14. The van der Waals surface area contributed by atoms with Gasteiger partial charge in [0.15, 0.2) is 5.16 Å². The minimum atomic E-state index is -0.328. The van der Waals surface area contributed by atoms with Crippen LogP contribution in [0.5, 0.6) is 0 Å². The predicted octanol–water partition coefficient (Wildman–Crippen LogP) is 4.30. The molecule has 2 heterocycles. The first kappa shape index (κ1) is 25.0. The number of hydrogen-bond donors (Lipinski definition) is 1. The monoisotopic (exact) mass is 487 g/mol. The number of fused-ring (bicyclic) bond motifs is 1. The molecular weight excluding hydrogens is 458 g/mol. The van der Waals surface area contributed by atoms with Crippen LogP contribution in [0.2, 0.25) is 0 Å². The lowest BCUT2D eigenvalue weighted by Gasteiger charge is -2.12. The molecule has 7 nitrogen and oxygen atoms in total. The number of aryl methyl sites for hydroxylation is 1. The Bertz CT molecular complexity index is 1140. The van der Waals surface area contributed by atoms with Crippen LogP contribution in [0.15, 0.2) is 45.7 Å². The van der Waals surface area contributed by atoms with Crippen molar-refractivity contribution in [2.24, 2.45) is 0 Å². The maximum Gasteiger partial charge on any atom is 0.316 e. The second kappa shape index (κ2) is 12.6. The Hall–Kier alpha value is -2.65. The topological polar surface area (TPSA) is 90.3 Å². The zero-order valence-corrected chi connectivity index (χ0v) is 20.6. The molecule has 1 aromatic carbocycles. The molecule has 0 aliphatic carbocycles. The zero-order valence-electron chi connectivity index (χ0n) is 19.0. The molecule has 0 spiro atoms. The van der Waals surface area contributed by atoms with Gasteiger partial charge in [0.2, 0.25) is 5.91 Å². The highest BCUT2D eigenvalue weighted by atomic mass is 32.2. The lowest BCUT2D eigenvalue weighted by molar-refractivity contribution is -0.139. The average Bonchev–Trinajstić information content (AvgIpc) is 3.27. The maximum absolute atomic E-state index is 12.9. The lowest BCUT2D eigenvalue weighted by Crippen LogP contribution is -2.24. The second-order valence-corrected chi connectivity index (χ2v) is 9.51. The van der Waals surface area contributed by atoms with Gasteiger partial charge in [-0.1, -0.05) is 48.0 Å². The van der Waals surface area contributed by atoms with Crippen LogP contribution in [0.25, 0.3) is 10.2 Å². The molecule has 0 aliphatic rings. The molecule has 0 bridgehead atoms. The van der Waals surface area contributed by atoms with Gasteiger partial charge in [0.25, 0.3) is 5.56 Å². The Kier molecular flexibility index (Phi) is 9.50. The quantitative estimate of drug-likeness (QED) is 0.177. The van der Waals surface area contributed by atoms with E-state index in [4.69, 9.17) is 4.74 Å². The number of ether oxygens (including phenoxy) is 1. The van der Waals surface area contributed by atoms with Crippen molar-refractivity contribution in [3.63, 3.8) is 0 Å². The minimum absolute atomic E-state index is 0.0279. The number of carbonyl (C=O) groups excluding carboxylic acids is 2. The van der Waals surface area contributed by atoms with Crippen LogP contribution in [-0.2, 0) is 27.4 Å². The number of nitrogens with zero attached hydrogens (tertiary/aromatic N) is 2. The van der Waals surface area contributed by atoms with Gasteiger partial charge >= 0.3 is 5.97 Å². The van der Waals surface area contributed by atoms with Crippen molar-refractivity contribution in [3.05, 3.63) is 57.2 Å². The first-order chi connectivity index (χ1) is 16.0. The Morgan fingerprint density at radius 3 is 2.70 bits per heavy atom. The van der Waals surface area contributed by atoms with E-state index in [-0.39, 0.29) is 23.2 Å². The van der Waals surface area contributed by atoms with Crippen molar-refractivity contribution < 1.29 is 14.3 Å². The van der Waals surface area contributed by atoms with Crippen molar-refractivity contribution in [1.82, 2.24) is 14.9 Å². The van der Waals surface area contributed by atoms with E-state index < -0.39 is 0 Å². The Balaban J connectivity index is 1.49. The van der Waals surface area contributed by atoms with E-state index in [9.17, 15) is 14.4 Å². The molecule has 9 heteroatoms. The van der Waals surface area contributed by atoms with Gasteiger partial charge < -0.3 is 10.1 Å². The van der Waals surface area contributed by atoms with Crippen molar-refractivity contribution in [2.75, 3.05) is 12.4 Å². The number of rotatable bonds is 12. The number of aromatic nitrogens is 2. The number of nitrogens with one attached hydrogen (secondary N) is 1. The third kappa shape index (κ3) is 7.43. The van der Waals surface area contributed by atoms with Gasteiger partial charge in [0.1, 0.15) is 4.70 Å². The van der Waals surface area contributed by atoms with Gasteiger partial charge in [-0.15, -0.1) is 11.3 Å². The summed E-state index contributed by atoms with van der Waals surface area (Å²) in [6, 6.07) is 9.91. The largest absolute Gasteiger partial charge is 0.465 e. The number of thiophene rings is 1. The molecule has 1 N–H and O–H groups in total. The fraction of sp³-hybridized carbons (Fsp3) is 0.417. The fourth-order valence-corrected chi connectivity index (χ4v) is 4.89. The van der Waals surface area contributed by atoms with E-state index >= 15 is 0 Å². The Morgan fingerprint density at radius 1 is 1.15 bits per heavy atom. The van der Waals surface area contributed by atoms with Gasteiger partial charge in [-0.25, -0.2) is 4.98 Å². The molecule has 0 aliphatic heterocycles. The smallest absolute Gasteiger partial charge is 0.316 e. The average molecular weight is 488 g/mol. The molecule has 33 heavy (non-hydrogen) atoms. The molecule has 0 saturated carbocycles. The summed E-state index contributed by atoms with van der Waals surface area (Å²) in [4.78, 5) is 41.4. The number of carbonyl (C=O) groups is 2. The highest BCUT2D eigenvalue weighted by Gasteiger charge is 2.14. The van der Waals surface area contributed by atoms with Crippen molar-refractivity contribution in [2.45, 2.75) is 57.8 Å². The third-order valence-corrected chi connectivity index (χ3v) is 6.89. The molecule has 0 saturated heterocycles. The van der Waals surface area contributed by atoms with Crippen molar-refractivity contribution in [3.8, 4) is 0 Å². The zero-order chi connectivity index (χ0) is 23.6. The summed E-state index contributed by atoms with van der Waals surface area (Å²) in [6.07, 6.45) is 2.76. The molecule has 0 unspecified atom stereocenters. The van der Waals surface area contributed by atoms with Gasteiger partial charge in [-0.3, -0.25) is 19.0 Å². The molecule has 0 atom stereocenters. The summed E-state index contributed by atoms with van der Waals surface area (Å²) >= 11 is 2.59. The number of thioether (sulfide) groups is 1. The molecule has 1 amide bonds. The fourth-order valence-electron chi connectivity index (χ4n) is 3.28. The lowest BCUT2D eigenvalue weighted by atomic mass is 10.1. The summed E-state index contributed by atoms with van der Waals surface area (Å²) in [5.41, 5.74) is 2.84. The maximum atomic E-state index is 12.9. The van der Waals surface area contributed by atoms with Crippen LogP contribution >= 0.6 is 23.1 Å². The Morgan fingerprint density at radius 2 is 1.94 bits per heavy atom. The molecule has 0 fully saturated rings. The van der Waals surface area contributed by atoms with Crippen LogP contribution in [-0.4, -0.2) is 33.8 Å². The molecule has 176 valence electrons. The Labute approximate surface area is 201 Å². The number of amides is 1. The molecule has 0 radical (unpaired) electrons. The van der Waals surface area contributed by atoms with Crippen LogP contribution in [0, 0.1) is 6.92 Å². The van der Waals surface area contributed by atoms with Crippen molar-refractivity contribution in [1.29, 1.82) is 0 Å². The van der Waals surface area contributed by atoms with Gasteiger partial charge in [-0.2, -0.15) is 0 Å². The number of unbranched alkanes of at least 4 members (excludes halogenated alkanes) is 2. The van der Waals surface area contributed by atoms with Crippen molar-refractivity contribution >= 4 is 45.2 Å². The highest BCUT2D eigenvalue weighted by molar-refractivity contribution is 7.99. The third-order valence-electron chi connectivity index (χ3n) is 5.05. The van der Waals surface area contributed by atoms with Crippen LogP contribution in [0.4, 0.5) is 0 Å². The molecule has 2 aromatic heterocycles. The van der Waals surface area contributed by atoms with Gasteiger partial charge in [0.05, 0.1) is 17.9 Å².